The highest BCUT2D eigenvalue weighted by molar-refractivity contribution is 6.33. The number of aliphatic hydroxyl groups is 1. The molecule has 3 N–H and O–H groups in total. The van der Waals surface area contributed by atoms with Crippen molar-refractivity contribution >= 4 is 23.4 Å². The number of carbonyl (C=O) groups is 1. The summed E-state index contributed by atoms with van der Waals surface area (Å²) in [6.45, 7) is 1.29. The van der Waals surface area contributed by atoms with E-state index < -0.39 is 5.97 Å². The van der Waals surface area contributed by atoms with Crippen molar-refractivity contribution in [3.05, 3.63) is 22.8 Å². The lowest BCUT2D eigenvalue weighted by Gasteiger charge is -2.55. The minimum absolute atomic E-state index is 0.0555. The molecule has 114 valence electrons. The van der Waals surface area contributed by atoms with Crippen LogP contribution in [0.5, 0.6) is 0 Å². The van der Waals surface area contributed by atoms with E-state index >= 15 is 0 Å². The van der Waals surface area contributed by atoms with Gasteiger partial charge in [0.25, 0.3) is 0 Å². The Morgan fingerprint density at radius 3 is 2.76 bits per heavy atom. The number of hydrogen-bond donors (Lipinski definition) is 3. The van der Waals surface area contributed by atoms with Crippen molar-refractivity contribution in [2.24, 2.45) is 5.41 Å². The van der Waals surface area contributed by atoms with Crippen LogP contribution in [0.2, 0.25) is 5.02 Å². The van der Waals surface area contributed by atoms with Gasteiger partial charge >= 0.3 is 5.97 Å². The van der Waals surface area contributed by atoms with Gasteiger partial charge in [-0.2, -0.15) is 0 Å². The molecule has 1 aromatic rings. The highest BCUT2D eigenvalue weighted by Crippen LogP contribution is 2.50. The van der Waals surface area contributed by atoms with Gasteiger partial charge in [0.1, 0.15) is 5.82 Å². The van der Waals surface area contributed by atoms with Gasteiger partial charge in [0.2, 0.25) is 0 Å². The molecule has 7 heteroatoms. The number of aliphatic hydroxyl groups excluding tert-OH is 1. The lowest BCUT2D eigenvalue weighted by molar-refractivity contribution is -0.133. The van der Waals surface area contributed by atoms with Crippen LogP contribution in [0.1, 0.15) is 29.6 Å². The van der Waals surface area contributed by atoms with Gasteiger partial charge in [-0.25, -0.2) is 9.78 Å². The number of nitrogens with one attached hydrogen (secondary N) is 1. The van der Waals surface area contributed by atoms with Crippen molar-refractivity contribution in [2.75, 3.05) is 18.5 Å². The predicted octanol–water partition coefficient (Wildman–Crippen LogP) is 1.78. The van der Waals surface area contributed by atoms with Gasteiger partial charge in [0.05, 0.1) is 16.7 Å². The number of nitrogens with zero attached hydrogens (tertiary/aromatic N) is 1. The lowest BCUT2D eigenvalue weighted by Crippen LogP contribution is -2.62. The first-order valence-corrected chi connectivity index (χ1v) is 7.32. The molecule has 1 spiro atoms. The summed E-state index contributed by atoms with van der Waals surface area (Å²) < 4.78 is 5.37. The van der Waals surface area contributed by atoms with Crippen LogP contribution >= 0.6 is 11.6 Å². The molecule has 1 aliphatic carbocycles. The van der Waals surface area contributed by atoms with Crippen LogP contribution in [0.3, 0.4) is 0 Å². The second-order valence-corrected chi connectivity index (χ2v) is 6.06. The van der Waals surface area contributed by atoms with E-state index in [2.05, 4.69) is 10.3 Å². The normalized spacial score (nSPS) is 27.1. The van der Waals surface area contributed by atoms with Crippen LogP contribution in [0.15, 0.2) is 12.3 Å². The SMILES string of the molecule is O=C(O)c1cnc(N[C@@H]2C[C@@H](O)C23CCOCC3)c(Cl)c1. The number of halogens is 1. The predicted molar refractivity (Wildman–Crippen MR) is 76.7 cm³/mol. The van der Waals surface area contributed by atoms with E-state index in [1.54, 1.807) is 0 Å². The standard InChI is InChI=1S/C14H17ClN2O4/c15-9-5-8(13(19)20)7-16-12(9)17-10-6-11(18)14(10)1-3-21-4-2-14/h5,7,10-11,18H,1-4,6H2,(H,16,17)(H,19,20)/t10-,11-/m1/s1. The summed E-state index contributed by atoms with van der Waals surface area (Å²) in [5, 5.41) is 22.6. The fourth-order valence-corrected chi connectivity index (χ4v) is 3.45. The van der Waals surface area contributed by atoms with E-state index in [9.17, 15) is 9.90 Å². The number of aromatic carboxylic acids is 1. The summed E-state index contributed by atoms with van der Waals surface area (Å²) >= 11 is 6.09. The maximum absolute atomic E-state index is 10.9. The van der Waals surface area contributed by atoms with Crippen molar-refractivity contribution in [1.29, 1.82) is 0 Å². The second kappa shape index (κ2) is 5.44. The largest absolute Gasteiger partial charge is 0.478 e. The monoisotopic (exact) mass is 312 g/mol. The third-order valence-corrected chi connectivity index (χ3v) is 4.93. The topological polar surface area (TPSA) is 91.7 Å². The fourth-order valence-electron chi connectivity index (χ4n) is 3.23. The van der Waals surface area contributed by atoms with E-state index in [1.165, 1.54) is 12.3 Å². The van der Waals surface area contributed by atoms with E-state index in [0.717, 1.165) is 12.8 Å². The van der Waals surface area contributed by atoms with Crippen LogP contribution in [0.25, 0.3) is 0 Å². The highest BCUT2D eigenvalue weighted by Gasteiger charge is 2.55. The van der Waals surface area contributed by atoms with Gasteiger partial charge in [-0.1, -0.05) is 11.6 Å². The van der Waals surface area contributed by atoms with E-state index in [4.69, 9.17) is 21.4 Å². The molecule has 2 heterocycles. The number of aromatic nitrogens is 1. The van der Waals surface area contributed by atoms with Gasteiger partial charge in [0.15, 0.2) is 0 Å². The van der Waals surface area contributed by atoms with Gasteiger partial charge in [-0.15, -0.1) is 0 Å². The molecule has 2 atom stereocenters. The number of carboxylic acids is 1. The summed E-state index contributed by atoms with van der Waals surface area (Å²) in [4.78, 5) is 15.0. The van der Waals surface area contributed by atoms with Crippen LogP contribution < -0.4 is 5.32 Å². The van der Waals surface area contributed by atoms with Gasteiger partial charge in [0, 0.05) is 30.9 Å². The number of carboxylic acid groups (broad SMARTS) is 1. The smallest absolute Gasteiger partial charge is 0.337 e. The summed E-state index contributed by atoms with van der Waals surface area (Å²) in [5.74, 6) is -0.597. The summed E-state index contributed by atoms with van der Waals surface area (Å²) in [5.41, 5.74) is -0.130. The van der Waals surface area contributed by atoms with Crippen LogP contribution in [-0.2, 0) is 4.74 Å². The van der Waals surface area contributed by atoms with Crippen molar-refractivity contribution in [3.8, 4) is 0 Å². The van der Waals surface area contributed by atoms with Gasteiger partial charge in [-0.3, -0.25) is 0 Å². The first kappa shape index (κ1) is 14.6. The fraction of sp³-hybridized carbons (Fsp3) is 0.571. The van der Waals surface area contributed by atoms with Crippen molar-refractivity contribution < 1.29 is 19.7 Å². The quantitative estimate of drug-likeness (QED) is 0.788. The molecule has 0 aromatic carbocycles. The van der Waals surface area contributed by atoms with Crippen molar-refractivity contribution in [3.63, 3.8) is 0 Å². The maximum atomic E-state index is 10.9. The molecule has 0 bridgehead atoms. The minimum atomic E-state index is -1.06. The van der Waals surface area contributed by atoms with Crippen molar-refractivity contribution in [2.45, 2.75) is 31.4 Å². The number of anilines is 1. The Labute approximate surface area is 127 Å². The Hall–Kier alpha value is -1.37. The molecule has 2 aliphatic rings. The molecule has 1 aliphatic heterocycles. The number of hydrogen-bond acceptors (Lipinski definition) is 5. The van der Waals surface area contributed by atoms with E-state index in [0.29, 0.717) is 25.5 Å². The Bertz CT molecular complexity index is 560. The van der Waals surface area contributed by atoms with Crippen LogP contribution in [0.4, 0.5) is 5.82 Å². The zero-order valence-electron chi connectivity index (χ0n) is 11.4. The number of pyridine rings is 1. The number of rotatable bonds is 3. The molecular weight excluding hydrogens is 296 g/mol. The molecule has 21 heavy (non-hydrogen) atoms. The first-order valence-electron chi connectivity index (χ1n) is 6.94. The third kappa shape index (κ3) is 2.47. The molecule has 0 unspecified atom stereocenters. The van der Waals surface area contributed by atoms with Gasteiger partial charge in [-0.05, 0) is 25.3 Å². The van der Waals surface area contributed by atoms with E-state index in [-0.39, 0.29) is 28.1 Å². The zero-order valence-corrected chi connectivity index (χ0v) is 12.1. The molecular formula is C14H17ClN2O4. The maximum Gasteiger partial charge on any atom is 0.337 e. The summed E-state index contributed by atoms with van der Waals surface area (Å²) in [6.07, 6.45) is 3.19. The minimum Gasteiger partial charge on any atom is -0.478 e. The average Bonchev–Trinajstić information content (AvgIpc) is 2.49. The second-order valence-electron chi connectivity index (χ2n) is 5.65. The molecule has 2 fully saturated rings. The molecule has 0 amide bonds. The lowest BCUT2D eigenvalue weighted by atomic mass is 9.58. The Morgan fingerprint density at radius 2 is 2.19 bits per heavy atom. The van der Waals surface area contributed by atoms with Gasteiger partial charge < -0.3 is 20.3 Å². The summed E-state index contributed by atoms with van der Waals surface area (Å²) in [7, 11) is 0. The van der Waals surface area contributed by atoms with E-state index in [1.807, 2.05) is 0 Å². The molecule has 0 radical (unpaired) electrons. The zero-order chi connectivity index (χ0) is 15.0. The molecule has 1 saturated carbocycles. The third-order valence-electron chi connectivity index (χ3n) is 4.64. The molecule has 6 nitrogen and oxygen atoms in total. The Kier molecular flexibility index (Phi) is 3.77. The number of ether oxygens (including phenoxy) is 1. The molecule has 3 rings (SSSR count). The van der Waals surface area contributed by atoms with Crippen LogP contribution in [-0.4, -0.2) is 46.5 Å². The van der Waals surface area contributed by atoms with Crippen molar-refractivity contribution in [1.82, 2.24) is 4.98 Å². The summed E-state index contributed by atoms with van der Waals surface area (Å²) in [6, 6.07) is 1.46. The van der Waals surface area contributed by atoms with Crippen LogP contribution in [0, 0.1) is 5.41 Å². The molecule has 1 saturated heterocycles. The first-order chi connectivity index (χ1) is 10.0. The molecule has 1 aromatic heterocycles. The Balaban J connectivity index is 1.76. The Morgan fingerprint density at radius 1 is 1.48 bits per heavy atom. The highest BCUT2D eigenvalue weighted by atomic mass is 35.5. The average molecular weight is 313 g/mol.